The highest BCUT2D eigenvalue weighted by Crippen LogP contribution is 2.20. The number of anilines is 1. The second-order valence-electron chi connectivity index (χ2n) is 4.63. The van der Waals surface area contributed by atoms with Crippen molar-refractivity contribution in [2.24, 2.45) is 0 Å². The number of nitrogens with zero attached hydrogens (tertiary/aromatic N) is 1. The van der Waals surface area contributed by atoms with E-state index in [4.69, 9.17) is 16.7 Å². The molecule has 0 amide bonds. The Bertz CT molecular complexity index is 424. The average molecular weight is 285 g/mol. The first kappa shape index (κ1) is 15.8. The molecule has 0 aliphatic rings. The molecule has 106 valence electrons. The number of nitrogens with one attached hydrogen (secondary N) is 1. The van der Waals surface area contributed by atoms with Crippen LogP contribution in [0.25, 0.3) is 0 Å². The molecular formula is C14H21ClN2O2. The molecule has 0 aliphatic heterocycles. The van der Waals surface area contributed by atoms with Crippen molar-refractivity contribution in [1.82, 2.24) is 4.98 Å². The van der Waals surface area contributed by atoms with Gasteiger partial charge in [0.25, 0.3) is 0 Å². The summed E-state index contributed by atoms with van der Waals surface area (Å²) in [4.78, 5) is 15.2. The molecule has 1 aromatic rings. The van der Waals surface area contributed by atoms with Crippen LogP contribution >= 0.6 is 11.6 Å². The van der Waals surface area contributed by atoms with Crippen molar-refractivity contribution >= 4 is 23.4 Å². The molecule has 0 aromatic carbocycles. The lowest BCUT2D eigenvalue weighted by Crippen LogP contribution is -2.20. The number of pyridine rings is 1. The number of carbonyl (C=O) groups is 1. The molecule has 1 heterocycles. The van der Waals surface area contributed by atoms with Gasteiger partial charge in [-0.1, -0.05) is 44.7 Å². The fourth-order valence-electron chi connectivity index (χ4n) is 1.98. The summed E-state index contributed by atoms with van der Waals surface area (Å²) in [5.41, 5.74) is 0.0879. The predicted molar refractivity (Wildman–Crippen MR) is 78.1 cm³/mol. The first-order valence-corrected chi connectivity index (χ1v) is 7.11. The fraction of sp³-hybridized carbons (Fsp3) is 0.571. The summed E-state index contributed by atoms with van der Waals surface area (Å²) in [5, 5.41) is 12.5. The second-order valence-corrected chi connectivity index (χ2v) is 5.03. The van der Waals surface area contributed by atoms with E-state index in [1.807, 2.05) is 0 Å². The van der Waals surface area contributed by atoms with E-state index in [2.05, 4.69) is 24.1 Å². The number of aromatic nitrogens is 1. The molecule has 0 saturated heterocycles. The van der Waals surface area contributed by atoms with Crippen LogP contribution in [0, 0.1) is 0 Å². The van der Waals surface area contributed by atoms with E-state index in [1.54, 1.807) is 0 Å². The minimum absolute atomic E-state index is 0.0879. The number of unbranched alkanes of at least 4 members (excludes halogenated alkanes) is 1. The van der Waals surface area contributed by atoms with Crippen LogP contribution < -0.4 is 5.32 Å². The summed E-state index contributed by atoms with van der Waals surface area (Å²) in [6, 6.07) is 1.83. The second kappa shape index (κ2) is 8.00. The molecule has 1 aromatic heterocycles. The quantitative estimate of drug-likeness (QED) is 0.751. The van der Waals surface area contributed by atoms with Crippen LogP contribution in [0.3, 0.4) is 0 Å². The van der Waals surface area contributed by atoms with Crippen LogP contribution in [-0.4, -0.2) is 22.1 Å². The van der Waals surface area contributed by atoms with Gasteiger partial charge < -0.3 is 10.4 Å². The van der Waals surface area contributed by atoms with Crippen LogP contribution in [-0.2, 0) is 0 Å². The number of carboxylic acids is 1. The lowest BCUT2D eigenvalue weighted by molar-refractivity contribution is 0.0697. The van der Waals surface area contributed by atoms with Gasteiger partial charge in [-0.05, 0) is 18.9 Å². The van der Waals surface area contributed by atoms with E-state index < -0.39 is 5.97 Å². The molecule has 1 rings (SSSR count). The van der Waals surface area contributed by atoms with Gasteiger partial charge in [0.2, 0.25) is 0 Å². The van der Waals surface area contributed by atoms with Gasteiger partial charge in [0.1, 0.15) is 5.82 Å². The highest BCUT2D eigenvalue weighted by Gasteiger charge is 2.13. The van der Waals surface area contributed by atoms with Gasteiger partial charge in [-0.3, -0.25) is 0 Å². The number of rotatable bonds is 8. The molecule has 1 unspecified atom stereocenters. The van der Waals surface area contributed by atoms with Crippen LogP contribution in [0.5, 0.6) is 0 Å². The smallest absolute Gasteiger partial charge is 0.337 e. The van der Waals surface area contributed by atoms with Crippen LogP contribution in [0.1, 0.15) is 56.3 Å². The normalized spacial score (nSPS) is 12.2. The minimum Gasteiger partial charge on any atom is -0.478 e. The van der Waals surface area contributed by atoms with Gasteiger partial charge in [0.15, 0.2) is 0 Å². The van der Waals surface area contributed by atoms with E-state index in [0.717, 1.165) is 32.1 Å². The van der Waals surface area contributed by atoms with E-state index >= 15 is 0 Å². The van der Waals surface area contributed by atoms with E-state index in [-0.39, 0.29) is 10.6 Å². The van der Waals surface area contributed by atoms with Gasteiger partial charge in [0, 0.05) is 12.2 Å². The molecule has 0 saturated carbocycles. The topological polar surface area (TPSA) is 62.2 Å². The molecule has 1 atom stereocenters. The maximum atomic E-state index is 11.0. The monoisotopic (exact) mass is 284 g/mol. The van der Waals surface area contributed by atoms with Crippen molar-refractivity contribution < 1.29 is 9.90 Å². The summed E-state index contributed by atoms with van der Waals surface area (Å²) in [7, 11) is 0. The maximum Gasteiger partial charge on any atom is 0.337 e. The molecule has 0 bridgehead atoms. The zero-order chi connectivity index (χ0) is 14.3. The van der Waals surface area contributed by atoms with Gasteiger partial charge in [-0.2, -0.15) is 0 Å². The van der Waals surface area contributed by atoms with Gasteiger partial charge in [-0.15, -0.1) is 0 Å². The van der Waals surface area contributed by atoms with Gasteiger partial charge >= 0.3 is 5.97 Å². The molecule has 2 N–H and O–H groups in total. The van der Waals surface area contributed by atoms with Gasteiger partial charge in [0.05, 0.1) is 10.6 Å². The largest absolute Gasteiger partial charge is 0.478 e. The number of hydrogen-bond donors (Lipinski definition) is 2. The van der Waals surface area contributed by atoms with E-state index in [0.29, 0.717) is 11.9 Å². The Kier molecular flexibility index (Phi) is 6.64. The highest BCUT2D eigenvalue weighted by atomic mass is 35.5. The van der Waals surface area contributed by atoms with E-state index in [1.165, 1.54) is 12.3 Å². The predicted octanol–water partition coefficient (Wildman–Crippen LogP) is 4.20. The molecule has 0 spiro atoms. The summed E-state index contributed by atoms with van der Waals surface area (Å²) in [6.07, 6.45) is 6.88. The van der Waals surface area contributed by atoms with Crippen LogP contribution in [0.2, 0.25) is 5.02 Å². The third-order valence-corrected chi connectivity index (χ3v) is 3.28. The van der Waals surface area contributed by atoms with Crippen molar-refractivity contribution in [1.29, 1.82) is 0 Å². The zero-order valence-electron chi connectivity index (χ0n) is 11.4. The number of halogens is 1. The lowest BCUT2D eigenvalue weighted by atomic mass is 10.1. The lowest BCUT2D eigenvalue weighted by Gasteiger charge is -2.18. The van der Waals surface area contributed by atoms with Gasteiger partial charge in [-0.25, -0.2) is 9.78 Å². The van der Waals surface area contributed by atoms with Crippen molar-refractivity contribution in [2.45, 2.75) is 52.0 Å². The van der Waals surface area contributed by atoms with Crippen molar-refractivity contribution in [3.05, 3.63) is 22.8 Å². The highest BCUT2D eigenvalue weighted by molar-refractivity contribution is 6.33. The molecular weight excluding hydrogens is 264 g/mol. The van der Waals surface area contributed by atoms with Crippen LogP contribution in [0.15, 0.2) is 12.3 Å². The number of hydrogen-bond acceptors (Lipinski definition) is 3. The Morgan fingerprint density at radius 3 is 2.74 bits per heavy atom. The Morgan fingerprint density at radius 2 is 2.16 bits per heavy atom. The SMILES string of the molecule is CCCCC(CCC)Nc1cc(C(=O)O)c(Cl)cn1. The number of carboxylic acid groups (broad SMARTS) is 1. The van der Waals surface area contributed by atoms with Crippen LogP contribution in [0.4, 0.5) is 5.82 Å². The fourth-order valence-corrected chi connectivity index (χ4v) is 2.16. The molecule has 0 fully saturated rings. The maximum absolute atomic E-state index is 11.0. The molecule has 19 heavy (non-hydrogen) atoms. The number of aromatic carboxylic acids is 1. The summed E-state index contributed by atoms with van der Waals surface area (Å²) < 4.78 is 0. The molecule has 5 heteroatoms. The van der Waals surface area contributed by atoms with Crippen molar-refractivity contribution in [3.8, 4) is 0 Å². The third-order valence-electron chi connectivity index (χ3n) is 2.98. The van der Waals surface area contributed by atoms with Crippen molar-refractivity contribution in [3.63, 3.8) is 0 Å². The molecule has 0 radical (unpaired) electrons. The Labute approximate surface area is 119 Å². The first-order valence-electron chi connectivity index (χ1n) is 6.73. The Hall–Kier alpha value is -1.29. The van der Waals surface area contributed by atoms with E-state index in [9.17, 15) is 4.79 Å². The summed E-state index contributed by atoms with van der Waals surface area (Å²) in [5.74, 6) is -0.451. The zero-order valence-corrected chi connectivity index (χ0v) is 12.2. The standard InChI is InChI=1S/C14H21ClN2O2/c1-3-5-7-10(6-4-2)17-13-8-11(14(18)19)12(15)9-16-13/h8-10H,3-7H2,1-2H3,(H,16,17)(H,18,19). The summed E-state index contributed by atoms with van der Waals surface area (Å²) >= 11 is 5.80. The first-order chi connectivity index (χ1) is 9.08. The third kappa shape index (κ3) is 5.07. The van der Waals surface area contributed by atoms with Crippen molar-refractivity contribution in [2.75, 3.05) is 5.32 Å². The minimum atomic E-state index is -1.03. The Morgan fingerprint density at radius 1 is 1.42 bits per heavy atom. The average Bonchev–Trinajstić information content (AvgIpc) is 2.38. The molecule has 0 aliphatic carbocycles. The Balaban J connectivity index is 2.78. The molecule has 4 nitrogen and oxygen atoms in total. The summed E-state index contributed by atoms with van der Waals surface area (Å²) in [6.45, 7) is 4.30.